The van der Waals surface area contributed by atoms with Crippen molar-refractivity contribution < 1.29 is 13.9 Å². The predicted octanol–water partition coefficient (Wildman–Crippen LogP) is 4.49. The number of ether oxygens (including phenoxy) is 1. The first-order chi connectivity index (χ1) is 15.0. The van der Waals surface area contributed by atoms with E-state index in [-0.39, 0.29) is 18.3 Å². The maximum Gasteiger partial charge on any atom is 0.291 e. The number of hydrogen-bond donors (Lipinski definition) is 1. The molecule has 0 unspecified atom stereocenters. The lowest BCUT2D eigenvalue weighted by Gasteiger charge is -2.04. The second kappa shape index (κ2) is 9.38. The first-order valence-electron chi connectivity index (χ1n) is 9.84. The van der Waals surface area contributed by atoms with Gasteiger partial charge in [0.25, 0.3) is 5.91 Å². The molecule has 1 N–H and O–H groups in total. The minimum absolute atomic E-state index is 0.217. The van der Waals surface area contributed by atoms with E-state index in [1.807, 2.05) is 42.1 Å². The molecule has 9 heteroatoms. The van der Waals surface area contributed by atoms with Gasteiger partial charge in [0.2, 0.25) is 0 Å². The number of anilines is 1. The highest BCUT2D eigenvalue weighted by atomic mass is 127. The fourth-order valence-electron chi connectivity index (χ4n) is 3.10. The minimum Gasteiger partial charge on any atom is -0.486 e. The Morgan fingerprint density at radius 1 is 1.16 bits per heavy atom. The SMILES string of the molecule is CCn1ncc(Cn2cc(NC(=O)c3ccc(COc4ccc(I)cc4)o3)cn2)c1C. The quantitative estimate of drug-likeness (QED) is 0.339. The Morgan fingerprint density at radius 3 is 2.71 bits per heavy atom. The second-order valence-corrected chi connectivity index (χ2v) is 8.21. The molecule has 4 aromatic rings. The van der Waals surface area contributed by atoms with Crippen molar-refractivity contribution in [2.75, 3.05) is 5.32 Å². The third kappa shape index (κ3) is 5.16. The summed E-state index contributed by atoms with van der Waals surface area (Å²) in [6, 6.07) is 11.1. The van der Waals surface area contributed by atoms with Crippen LogP contribution in [0.25, 0.3) is 0 Å². The van der Waals surface area contributed by atoms with E-state index >= 15 is 0 Å². The van der Waals surface area contributed by atoms with Crippen molar-refractivity contribution in [1.82, 2.24) is 19.6 Å². The average Bonchev–Trinajstić information content (AvgIpc) is 3.49. The number of nitrogens with zero attached hydrogens (tertiary/aromatic N) is 4. The van der Waals surface area contributed by atoms with Crippen molar-refractivity contribution in [1.29, 1.82) is 0 Å². The number of aryl methyl sites for hydroxylation is 1. The van der Waals surface area contributed by atoms with E-state index in [9.17, 15) is 4.79 Å². The van der Waals surface area contributed by atoms with Crippen LogP contribution in [0.5, 0.6) is 5.75 Å². The summed E-state index contributed by atoms with van der Waals surface area (Å²) >= 11 is 2.24. The topological polar surface area (TPSA) is 87.1 Å². The number of aromatic nitrogens is 4. The van der Waals surface area contributed by atoms with Gasteiger partial charge in [0.15, 0.2) is 5.76 Å². The average molecular weight is 531 g/mol. The van der Waals surface area contributed by atoms with Crippen LogP contribution >= 0.6 is 22.6 Å². The molecule has 0 saturated heterocycles. The molecule has 0 saturated carbocycles. The highest BCUT2D eigenvalue weighted by Gasteiger charge is 2.14. The molecular weight excluding hydrogens is 509 g/mol. The molecule has 3 aromatic heterocycles. The number of nitrogens with one attached hydrogen (secondary N) is 1. The van der Waals surface area contributed by atoms with Crippen LogP contribution in [0.4, 0.5) is 5.69 Å². The molecule has 1 aromatic carbocycles. The number of furan rings is 1. The molecule has 0 aliphatic heterocycles. The van der Waals surface area contributed by atoms with Gasteiger partial charge >= 0.3 is 0 Å². The van der Waals surface area contributed by atoms with Crippen molar-refractivity contribution in [3.8, 4) is 5.75 Å². The first kappa shape index (κ1) is 21.2. The van der Waals surface area contributed by atoms with E-state index in [2.05, 4.69) is 45.0 Å². The highest BCUT2D eigenvalue weighted by molar-refractivity contribution is 14.1. The monoisotopic (exact) mass is 531 g/mol. The van der Waals surface area contributed by atoms with Gasteiger partial charge in [-0.15, -0.1) is 0 Å². The zero-order valence-corrected chi connectivity index (χ0v) is 19.4. The molecule has 0 aliphatic rings. The summed E-state index contributed by atoms with van der Waals surface area (Å²) in [5.41, 5.74) is 2.80. The Labute approximate surface area is 193 Å². The smallest absolute Gasteiger partial charge is 0.291 e. The largest absolute Gasteiger partial charge is 0.486 e. The van der Waals surface area contributed by atoms with Crippen LogP contribution in [0.1, 0.15) is 34.5 Å². The number of hydrogen-bond acceptors (Lipinski definition) is 5. The van der Waals surface area contributed by atoms with Crippen molar-refractivity contribution in [2.45, 2.75) is 33.5 Å². The van der Waals surface area contributed by atoms with Crippen LogP contribution in [-0.4, -0.2) is 25.5 Å². The summed E-state index contributed by atoms with van der Waals surface area (Å²) in [4.78, 5) is 12.5. The Bertz CT molecular complexity index is 1180. The van der Waals surface area contributed by atoms with Crippen molar-refractivity contribution in [3.63, 3.8) is 0 Å². The fraction of sp³-hybridized carbons (Fsp3) is 0.227. The molecule has 4 rings (SSSR count). The molecule has 0 atom stereocenters. The highest BCUT2D eigenvalue weighted by Crippen LogP contribution is 2.17. The summed E-state index contributed by atoms with van der Waals surface area (Å²) in [6.45, 7) is 5.75. The van der Waals surface area contributed by atoms with Gasteiger partial charge in [-0.3, -0.25) is 14.2 Å². The lowest BCUT2D eigenvalue weighted by Crippen LogP contribution is -2.10. The van der Waals surface area contributed by atoms with E-state index in [1.165, 1.54) is 0 Å². The van der Waals surface area contributed by atoms with Crippen LogP contribution in [0.15, 0.2) is 59.4 Å². The molecule has 0 spiro atoms. The van der Waals surface area contributed by atoms with Crippen molar-refractivity contribution in [3.05, 3.63) is 81.3 Å². The van der Waals surface area contributed by atoms with Gasteiger partial charge in [0, 0.05) is 27.6 Å². The van der Waals surface area contributed by atoms with Gasteiger partial charge in [-0.25, -0.2) is 0 Å². The second-order valence-electron chi connectivity index (χ2n) is 6.96. The van der Waals surface area contributed by atoms with E-state index in [0.29, 0.717) is 18.0 Å². The van der Waals surface area contributed by atoms with Gasteiger partial charge in [-0.2, -0.15) is 10.2 Å². The summed E-state index contributed by atoms with van der Waals surface area (Å²) < 4.78 is 16.2. The van der Waals surface area contributed by atoms with E-state index in [4.69, 9.17) is 9.15 Å². The molecular formula is C22H22IN5O3. The fourth-order valence-corrected chi connectivity index (χ4v) is 3.46. The normalized spacial score (nSPS) is 10.9. The van der Waals surface area contributed by atoms with E-state index in [1.54, 1.807) is 29.2 Å². The molecule has 31 heavy (non-hydrogen) atoms. The maximum atomic E-state index is 12.5. The Balaban J connectivity index is 1.33. The molecule has 0 aliphatic carbocycles. The summed E-state index contributed by atoms with van der Waals surface area (Å²) in [6.07, 6.45) is 5.24. The number of amides is 1. The lowest BCUT2D eigenvalue weighted by atomic mass is 10.2. The molecule has 1 amide bonds. The van der Waals surface area contributed by atoms with Crippen LogP contribution in [0.3, 0.4) is 0 Å². The number of carbonyl (C=O) groups excluding carboxylic acids is 1. The Kier molecular flexibility index (Phi) is 6.40. The van der Waals surface area contributed by atoms with Crippen LogP contribution in [-0.2, 0) is 19.7 Å². The van der Waals surface area contributed by atoms with Crippen molar-refractivity contribution in [2.24, 2.45) is 0 Å². The van der Waals surface area contributed by atoms with Crippen LogP contribution < -0.4 is 10.1 Å². The van der Waals surface area contributed by atoms with Gasteiger partial charge in [-0.1, -0.05) is 0 Å². The van der Waals surface area contributed by atoms with E-state index < -0.39 is 0 Å². The molecule has 0 fully saturated rings. The van der Waals surface area contributed by atoms with Gasteiger partial charge in [0.05, 0.1) is 24.6 Å². The van der Waals surface area contributed by atoms with Crippen LogP contribution in [0.2, 0.25) is 0 Å². The van der Waals surface area contributed by atoms with E-state index in [0.717, 1.165) is 27.1 Å². The summed E-state index contributed by atoms with van der Waals surface area (Å²) in [5.74, 6) is 1.20. The number of benzene rings is 1. The van der Waals surface area contributed by atoms with Gasteiger partial charge < -0.3 is 14.5 Å². The van der Waals surface area contributed by atoms with Gasteiger partial charge in [-0.05, 0) is 72.8 Å². The Hall–Kier alpha value is -3.08. The molecule has 160 valence electrons. The molecule has 8 nitrogen and oxygen atoms in total. The minimum atomic E-state index is -0.338. The standard InChI is InChI=1S/C22H22IN5O3/c1-3-28-15(2)16(10-25-28)12-27-13-18(11-24-27)26-22(29)21-9-8-20(31-21)14-30-19-6-4-17(23)5-7-19/h4-11,13H,3,12,14H2,1-2H3,(H,26,29). The molecule has 3 heterocycles. The summed E-state index contributed by atoms with van der Waals surface area (Å²) in [7, 11) is 0. The first-order valence-corrected chi connectivity index (χ1v) is 10.9. The lowest BCUT2D eigenvalue weighted by molar-refractivity contribution is 0.0992. The zero-order valence-electron chi connectivity index (χ0n) is 17.2. The number of halogens is 1. The molecule has 0 radical (unpaired) electrons. The molecule has 0 bridgehead atoms. The van der Waals surface area contributed by atoms with Crippen LogP contribution in [0, 0.1) is 10.5 Å². The number of rotatable bonds is 8. The maximum absolute atomic E-state index is 12.5. The number of carbonyl (C=O) groups is 1. The van der Waals surface area contributed by atoms with Crippen molar-refractivity contribution >= 4 is 34.2 Å². The summed E-state index contributed by atoms with van der Waals surface area (Å²) in [5, 5.41) is 11.5. The predicted molar refractivity (Wildman–Crippen MR) is 124 cm³/mol. The van der Waals surface area contributed by atoms with Gasteiger partial charge in [0.1, 0.15) is 18.1 Å². The third-order valence-corrected chi connectivity index (χ3v) is 5.53. The third-order valence-electron chi connectivity index (χ3n) is 4.81. The Morgan fingerprint density at radius 2 is 1.97 bits per heavy atom. The zero-order chi connectivity index (χ0) is 21.8.